The van der Waals surface area contributed by atoms with Gasteiger partial charge in [-0.05, 0) is 0 Å². The molecule has 0 heterocycles. The summed E-state index contributed by atoms with van der Waals surface area (Å²) in [5.74, 6) is 0. The van der Waals surface area contributed by atoms with E-state index >= 15 is 0 Å². The van der Waals surface area contributed by atoms with Crippen molar-refractivity contribution >= 4 is 0 Å². The molecule has 5 heavy (non-hydrogen) atoms. The average molecular weight is 250 g/mol. The van der Waals surface area contributed by atoms with Gasteiger partial charge in [-0.1, -0.05) is 0 Å². The summed E-state index contributed by atoms with van der Waals surface area (Å²) in [4.78, 5) is 0. The molecule has 3 nitrogen and oxygen atoms in total. The molecule has 0 unspecified atom stereocenters. The smallest absolute Gasteiger partial charge is 0 e. The molecule has 0 spiro atoms. The van der Waals surface area contributed by atoms with E-state index in [0.29, 0.717) is 0 Å². The third-order valence-electron chi connectivity index (χ3n) is 0. The number of hydrogen-bond acceptors (Lipinski definition) is 3. The van der Waals surface area contributed by atoms with Crippen molar-refractivity contribution < 1.29 is 47.8 Å². The molecule has 0 aromatic rings. The molecule has 0 amide bonds. The molecule has 0 saturated heterocycles. The van der Waals surface area contributed by atoms with Gasteiger partial charge in [-0.15, -0.1) is 0 Å². The quantitative estimate of drug-likeness (QED) is 0.552. The number of hydrogen-bond donors (Lipinski definition) is 0. The van der Waals surface area contributed by atoms with Crippen LogP contribution < -0.4 is 0 Å². The van der Waals surface area contributed by atoms with Crippen LogP contribution in [0.3, 0.4) is 0 Å². The second-order valence-electron chi connectivity index (χ2n) is 0.204. The molecule has 0 aromatic heterocycles. The van der Waals surface area contributed by atoms with E-state index < -0.39 is 17.2 Å². The van der Waals surface area contributed by atoms with Gasteiger partial charge >= 0.3 is 27.4 Å². The Kier molecular flexibility index (Phi) is 8.77. The van der Waals surface area contributed by atoms with Crippen LogP contribution in [0.15, 0.2) is 0 Å². The van der Waals surface area contributed by atoms with E-state index in [9.17, 15) is 0 Å². The minimum atomic E-state index is -4.11. The average Bonchev–Trinajstić information content (AvgIpc) is 0.811. The summed E-state index contributed by atoms with van der Waals surface area (Å²) >= 11 is -4.11. The molecule has 5 heteroatoms. The standard InChI is InChI=1S/Mo.3O.Pd. The maximum atomic E-state index is 8.59. The zero-order valence-corrected chi connectivity index (χ0v) is 5.51. The summed E-state index contributed by atoms with van der Waals surface area (Å²) in [6.07, 6.45) is 0. The summed E-state index contributed by atoms with van der Waals surface area (Å²) in [7, 11) is 0. The molecule has 0 aliphatic carbocycles. The van der Waals surface area contributed by atoms with Gasteiger partial charge in [-0.25, -0.2) is 0 Å². The molecule has 0 N–H and O–H groups in total. The fraction of sp³-hybridized carbons (Fsp3) is 0. The molecule has 34 valence electrons. The molecule has 0 radical (unpaired) electrons. The van der Waals surface area contributed by atoms with Crippen molar-refractivity contribution in [2.45, 2.75) is 0 Å². The molecule has 0 bridgehead atoms. The summed E-state index contributed by atoms with van der Waals surface area (Å²) in [6.45, 7) is 0. The fourth-order valence-electron chi connectivity index (χ4n) is 0. The predicted molar refractivity (Wildman–Crippen MR) is 2.06 cm³/mol. The van der Waals surface area contributed by atoms with Gasteiger partial charge in [-0.3, -0.25) is 0 Å². The zero-order valence-electron chi connectivity index (χ0n) is 1.95. The minimum Gasteiger partial charge on any atom is 0 e. The first kappa shape index (κ1) is 9.23. The molecule has 0 aromatic carbocycles. The second kappa shape index (κ2) is 4.75. The van der Waals surface area contributed by atoms with Gasteiger partial charge < -0.3 is 0 Å². The van der Waals surface area contributed by atoms with Crippen LogP contribution in [0.2, 0.25) is 0 Å². The maximum absolute atomic E-state index is 8.59. The van der Waals surface area contributed by atoms with E-state index in [2.05, 4.69) is 0 Å². The Balaban J connectivity index is 0. The topological polar surface area (TPSA) is 51.2 Å². The molecule has 0 atom stereocenters. The predicted octanol–water partition coefficient (Wildman–Crippen LogP) is -0.361. The van der Waals surface area contributed by atoms with Crippen molar-refractivity contribution in [3.05, 3.63) is 0 Å². The van der Waals surface area contributed by atoms with Crippen LogP contribution in [0, 0.1) is 0 Å². The Bertz CT molecular complexity index is 76.3. The zero-order chi connectivity index (χ0) is 3.58. The molecule has 0 saturated carbocycles. The van der Waals surface area contributed by atoms with Gasteiger partial charge in [0.25, 0.3) is 0 Å². The molecular formula is MoO3Pd. The van der Waals surface area contributed by atoms with E-state index in [1.165, 1.54) is 0 Å². The maximum Gasteiger partial charge on any atom is 0 e. The van der Waals surface area contributed by atoms with E-state index in [1.807, 2.05) is 0 Å². The summed E-state index contributed by atoms with van der Waals surface area (Å²) < 4.78 is 25.8. The summed E-state index contributed by atoms with van der Waals surface area (Å²) in [5, 5.41) is 0. The first-order chi connectivity index (χ1) is 1.73. The van der Waals surface area contributed by atoms with Crippen molar-refractivity contribution in [2.75, 3.05) is 0 Å². The second-order valence-corrected chi connectivity index (χ2v) is 1.21. The van der Waals surface area contributed by atoms with E-state index in [0.717, 1.165) is 0 Å². The summed E-state index contributed by atoms with van der Waals surface area (Å²) in [5.41, 5.74) is 0. The largest absolute Gasteiger partial charge is 0 e. The van der Waals surface area contributed by atoms with Crippen molar-refractivity contribution in [1.82, 2.24) is 0 Å². The van der Waals surface area contributed by atoms with Gasteiger partial charge in [0.2, 0.25) is 0 Å². The number of rotatable bonds is 0. The van der Waals surface area contributed by atoms with E-state index in [-0.39, 0.29) is 20.4 Å². The van der Waals surface area contributed by atoms with Crippen LogP contribution in [0.1, 0.15) is 0 Å². The third-order valence-corrected chi connectivity index (χ3v) is 0. The Morgan fingerprint density at radius 1 is 1.00 bits per heavy atom. The third kappa shape index (κ3) is 63.8. The van der Waals surface area contributed by atoms with Gasteiger partial charge in [-0.2, -0.15) is 0 Å². The van der Waals surface area contributed by atoms with E-state index in [1.54, 1.807) is 0 Å². The van der Waals surface area contributed by atoms with Crippen LogP contribution in [0.4, 0.5) is 0 Å². The molecule has 0 fully saturated rings. The molecule has 0 aliphatic heterocycles. The molecule has 0 rings (SSSR count). The SMILES string of the molecule is [O]=[Mo](=[O])=[O].[Pd]. The van der Waals surface area contributed by atoms with Gasteiger partial charge in [0.05, 0.1) is 0 Å². The van der Waals surface area contributed by atoms with Gasteiger partial charge in [0, 0.05) is 20.4 Å². The van der Waals surface area contributed by atoms with Gasteiger partial charge in [0.15, 0.2) is 0 Å². The first-order valence-electron chi connectivity index (χ1n) is 0.500. The van der Waals surface area contributed by atoms with E-state index in [4.69, 9.17) is 10.2 Å². The minimum absolute atomic E-state index is 0. The van der Waals surface area contributed by atoms with Gasteiger partial charge in [0.1, 0.15) is 0 Å². The van der Waals surface area contributed by atoms with Crippen LogP contribution in [-0.4, -0.2) is 0 Å². The Morgan fingerprint density at radius 3 is 1.00 bits per heavy atom. The van der Waals surface area contributed by atoms with Crippen molar-refractivity contribution in [3.8, 4) is 0 Å². The summed E-state index contributed by atoms with van der Waals surface area (Å²) in [6, 6.07) is 0. The Hall–Kier alpha value is 0.751. The molecular weight excluding hydrogens is 250 g/mol. The van der Waals surface area contributed by atoms with Crippen LogP contribution in [0.5, 0.6) is 0 Å². The van der Waals surface area contributed by atoms with Crippen LogP contribution in [-0.2, 0) is 47.8 Å². The van der Waals surface area contributed by atoms with Crippen molar-refractivity contribution in [3.63, 3.8) is 0 Å². The Labute approximate surface area is 47.9 Å². The van der Waals surface area contributed by atoms with Crippen molar-refractivity contribution in [2.24, 2.45) is 0 Å². The monoisotopic (exact) mass is 252 g/mol. The van der Waals surface area contributed by atoms with Crippen LogP contribution >= 0.6 is 0 Å². The fourth-order valence-corrected chi connectivity index (χ4v) is 0. The van der Waals surface area contributed by atoms with Crippen LogP contribution in [0.25, 0.3) is 0 Å². The first-order valence-corrected chi connectivity index (χ1v) is 2.96. The van der Waals surface area contributed by atoms with Crippen molar-refractivity contribution in [1.29, 1.82) is 0 Å². The normalized spacial score (nSPS) is 4.80. The Morgan fingerprint density at radius 2 is 1.00 bits per heavy atom. The molecule has 0 aliphatic rings.